The second-order valence-electron chi connectivity index (χ2n) is 3.49. The van der Waals surface area contributed by atoms with E-state index in [-0.39, 0.29) is 0 Å². The largest absolute Gasteiger partial charge is 0.453 e. The van der Waals surface area contributed by atoms with Gasteiger partial charge in [0.25, 0.3) is 0 Å². The van der Waals surface area contributed by atoms with E-state index < -0.39 is 12.2 Å². The average molecular weight is 262 g/mol. The molecule has 8 heteroatoms. The summed E-state index contributed by atoms with van der Waals surface area (Å²) in [6.07, 6.45) is -0.948. The molecule has 0 aromatic carbocycles. The van der Waals surface area contributed by atoms with Crippen molar-refractivity contribution in [2.45, 2.75) is 0 Å². The third-order valence-corrected chi connectivity index (χ3v) is 2.30. The van der Waals surface area contributed by atoms with Crippen molar-refractivity contribution in [1.82, 2.24) is 9.80 Å². The molecule has 0 aliphatic carbocycles. The van der Waals surface area contributed by atoms with Gasteiger partial charge in [-0.15, -0.1) is 0 Å². The van der Waals surface area contributed by atoms with E-state index in [4.69, 9.17) is 11.5 Å². The highest BCUT2D eigenvalue weighted by atomic mass is 16.5. The highest BCUT2D eigenvalue weighted by Gasteiger charge is 2.17. The van der Waals surface area contributed by atoms with E-state index in [1.54, 1.807) is 0 Å². The molecule has 106 valence electrons. The van der Waals surface area contributed by atoms with E-state index in [1.165, 1.54) is 24.0 Å². The first-order valence-corrected chi connectivity index (χ1v) is 5.66. The molecule has 0 rings (SSSR count). The van der Waals surface area contributed by atoms with Crippen LogP contribution in [0, 0.1) is 0 Å². The van der Waals surface area contributed by atoms with Crippen molar-refractivity contribution in [3.8, 4) is 0 Å². The number of nitrogens with zero attached hydrogens (tertiary/aromatic N) is 2. The summed E-state index contributed by atoms with van der Waals surface area (Å²) >= 11 is 0. The van der Waals surface area contributed by atoms with Gasteiger partial charge in [0.05, 0.1) is 14.2 Å². The van der Waals surface area contributed by atoms with E-state index in [0.29, 0.717) is 39.3 Å². The molecule has 0 radical (unpaired) electrons. The van der Waals surface area contributed by atoms with Crippen LogP contribution in [0.15, 0.2) is 0 Å². The number of carbonyl (C=O) groups excluding carboxylic acids is 2. The van der Waals surface area contributed by atoms with Crippen molar-refractivity contribution in [3.05, 3.63) is 0 Å². The third kappa shape index (κ3) is 5.69. The van der Waals surface area contributed by atoms with Crippen molar-refractivity contribution < 1.29 is 19.1 Å². The van der Waals surface area contributed by atoms with Crippen LogP contribution in [-0.4, -0.2) is 75.5 Å². The monoisotopic (exact) mass is 262 g/mol. The van der Waals surface area contributed by atoms with E-state index in [2.05, 4.69) is 9.47 Å². The Hall–Kier alpha value is -1.54. The Kier molecular flexibility index (Phi) is 8.67. The molecule has 4 N–H and O–H groups in total. The third-order valence-electron chi connectivity index (χ3n) is 2.30. The molecule has 0 atom stereocenters. The number of amides is 2. The predicted molar refractivity (Wildman–Crippen MR) is 66.1 cm³/mol. The van der Waals surface area contributed by atoms with Crippen LogP contribution in [0.4, 0.5) is 9.59 Å². The molecule has 0 spiro atoms. The van der Waals surface area contributed by atoms with Crippen LogP contribution >= 0.6 is 0 Å². The molecule has 0 bridgehead atoms. The Balaban J connectivity index is 4.35. The molecular weight excluding hydrogens is 240 g/mol. The molecule has 0 heterocycles. The molecule has 0 aromatic heterocycles. The number of hydrogen-bond donors (Lipinski definition) is 2. The average Bonchev–Trinajstić information content (AvgIpc) is 2.40. The van der Waals surface area contributed by atoms with Gasteiger partial charge in [-0.05, 0) is 0 Å². The minimum Gasteiger partial charge on any atom is -0.453 e. The zero-order chi connectivity index (χ0) is 14.0. The molecule has 0 unspecified atom stereocenters. The van der Waals surface area contributed by atoms with Crippen molar-refractivity contribution >= 4 is 12.2 Å². The summed E-state index contributed by atoms with van der Waals surface area (Å²) < 4.78 is 9.23. The molecule has 8 nitrogen and oxygen atoms in total. The van der Waals surface area contributed by atoms with Gasteiger partial charge in [0, 0.05) is 39.3 Å². The van der Waals surface area contributed by atoms with Crippen molar-refractivity contribution in [2.75, 3.05) is 53.5 Å². The second kappa shape index (κ2) is 9.49. The predicted octanol–water partition coefficient (Wildman–Crippen LogP) is -0.959. The van der Waals surface area contributed by atoms with Crippen LogP contribution in [0.5, 0.6) is 0 Å². The fourth-order valence-corrected chi connectivity index (χ4v) is 1.40. The van der Waals surface area contributed by atoms with Crippen LogP contribution < -0.4 is 11.5 Å². The van der Waals surface area contributed by atoms with Gasteiger partial charge >= 0.3 is 12.2 Å². The summed E-state index contributed by atoms with van der Waals surface area (Å²) in [6, 6.07) is 0. The fraction of sp³-hybridized carbons (Fsp3) is 0.800. The number of rotatable bonds is 7. The lowest BCUT2D eigenvalue weighted by atomic mass is 10.4. The number of methoxy groups -OCH3 is 2. The quantitative estimate of drug-likeness (QED) is 0.611. The Morgan fingerprint density at radius 2 is 1.17 bits per heavy atom. The topological polar surface area (TPSA) is 111 Å². The lowest BCUT2D eigenvalue weighted by Gasteiger charge is -2.25. The minimum absolute atomic E-state index is 0.318. The van der Waals surface area contributed by atoms with E-state index in [1.807, 2.05) is 0 Å². The first-order valence-electron chi connectivity index (χ1n) is 5.66. The minimum atomic E-state index is -0.474. The first kappa shape index (κ1) is 16.5. The van der Waals surface area contributed by atoms with Crippen LogP contribution in [-0.2, 0) is 9.47 Å². The molecule has 18 heavy (non-hydrogen) atoms. The van der Waals surface area contributed by atoms with Gasteiger partial charge in [0.15, 0.2) is 0 Å². The van der Waals surface area contributed by atoms with Gasteiger partial charge in [-0.2, -0.15) is 0 Å². The zero-order valence-electron chi connectivity index (χ0n) is 10.9. The summed E-state index contributed by atoms with van der Waals surface area (Å²) in [6.45, 7) is 2.01. The maximum Gasteiger partial charge on any atom is 0.409 e. The van der Waals surface area contributed by atoms with Crippen molar-refractivity contribution in [1.29, 1.82) is 0 Å². The zero-order valence-corrected chi connectivity index (χ0v) is 10.9. The molecule has 0 aliphatic heterocycles. The van der Waals surface area contributed by atoms with E-state index in [9.17, 15) is 9.59 Å². The van der Waals surface area contributed by atoms with Crippen molar-refractivity contribution in [3.63, 3.8) is 0 Å². The molecular formula is C10H22N4O4. The summed E-state index contributed by atoms with van der Waals surface area (Å²) in [4.78, 5) is 25.6. The standard InChI is InChI=1S/C10H22N4O4/c1-17-9(15)13(5-3-11)7-8-14(6-4-12)10(16)18-2/h3-8,11-12H2,1-2H3. The second-order valence-corrected chi connectivity index (χ2v) is 3.49. The maximum atomic E-state index is 11.4. The number of hydrogen-bond acceptors (Lipinski definition) is 6. The normalized spacial score (nSPS) is 9.78. The Bertz CT molecular complexity index is 236. The van der Waals surface area contributed by atoms with Crippen LogP contribution in [0.3, 0.4) is 0 Å². The Morgan fingerprint density at radius 1 is 0.833 bits per heavy atom. The molecule has 0 saturated carbocycles. The van der Waals surface area contributed by atoms with Gasteiger partial charge in [-0.25, -0.2) is 9.59 Å². The van der Waals surface area contributed by atoms with E-state index in [0.717, 1.165) is 0 Å². The van der Waals surface area contributed by atoms with Gasteiger partial charge in [-0.3, -0.25) is 0 Å². The SMILES string of the molecule is COC(=O)N(CCN)CCN(CCN)C(=O)OC. The highest BCUT2D eigenvalue weighted by molar-refractivity contribution is 5.68. The van der Waals surface area contributed by atoms with Crippen molar-refractivity contribution in [2.24, 2.45) is 11.5 Å². The summed E-state index contributed by atoms with van der Waals surface area (Å²) in [5, 5.41) is 0. The van der Waals surface area contributed by atoms with Gasteiger partial charge in [-0.1, -0.05) is 0 Å². The van der Waals surface area contributed by atoms with Gasteiger partial charge in [0.2, 0.25) is 0 Å². The lowest BCUT2D eigenvalue weighted by molar-refractivity contribution is 0.105. The Morgan fingerprint density at radius 3 is 1.39 bits per heavy atom. The van der Waals surface area contributed by atoms with Gasteiger partial charge < -0.3 is 30.7 Å². The van der Waals surface area contributed by atoms with Crippen LogP contribution in [0.2, 0.25) is 0 Å². The number of nitrogens with two attached hydrogens (primary N) is 2. The molecule has 0 aromatic rings. The number of ether oxygens (including phenoxy) is 2. The van der Waals surface area contributed by atoms with Crippen LogP contribution in [0.1, 0.15) is 0 Å². The first-order chi connectivity index (χ1) is 8.60. The maximum absolute atomic E-state index is 11.4. The smallest absolute Gasteiger partial charge is 0.409 e. The highest BCUT2D eigenvalue weighted by Crippen LogP contribution is 1.97. The summed E-state index contributed by atoms with van der Waals surface area (Å²) in [7, 11) is 2.59. The lowest BCUT2D eigenvalue weighted by Crippen LogP contribution is -2.44. The number of carbonyl (C=O) groups is 2. The Labute approximate surface area is 107 Å². The fourth-order valence-electron chi connectivity index (χ4n) is 1.40. The van der Waals surface area contributed by atoms with Crippen LogP contribution in [0.25, 0.3) is 0 Å². The van der Waals surface area contributed by atoms with Gasteiger partial charge in [0.1, 0.15) is 0 Å². The summed E-state index contributed by atoms with van der Waals surface area (Å²) in [5.41, 5.74) is 10.8. The molecule has 0 fully saturated rings. The molecule has 2 amide bonds. The molecule has 0 aliphatic rings. The molecule has 0 saturated heterocycles. The summed E-state index contributed by atoms with van der Waals surface area (Å²) in [5.74, 6) is 0. The van der Waals surface area contributed by atoms with E-state index >= 15 is 0 Å².